The number of carboxylic acids is 1. The summed E-state index contributed by atoms with van der Waals surface area (Å²) in [5.74, 6) is -4.62. The first-order valence-corrected chi connectivity index (χ1v) is 6.17. The second-order valence-corrected chi connectivity index (χ2v) is 4.75. The largest absolute Gasteiger partial charge is 0.478 e. The summed E-state index contributed by atoms with van der Waals surface area (Å²) in [6.07, 6.45) is 1.19. The monoisotopic (exact) mass is 284 g/mol. The number of hydrogen-bond donors (Lipinski definition) is 2. The van der Waals surface area contributed by atoms with Crippen molar-refractivity contribution in [1.29, 1.82) is 0 Å². The van der Waals surface area contributed by atoms with Gasteiger partial charge in [0.05, 0.1) is 11.1 Å². The molecule has 1 amide bonds. The van der Waals surface area contributed by atoms with E-state index in [0.717, 1.165) is 0 Å². The van der Waals surface area contributed by atoms with E-state index in [2.05, 4.69) is 0 Å². The quantitative estimate of drug-likeness (QED) is 0.855. The average molecular weight is 284 g/mol. The van der Waals surface area contributed by atoms with Crippen LogP contribution in [0.15, 0.2) is 12.1 Å². The van der Waals surface area contributed by atoms with Gasteiger partial charge in [-0.25, -0.2) is 13.6 Å². The second kappa shape index (κ2) is 5.54. The Balaban J connectivity index is 2.34. The van der Waals surface area contributed by atoms with Gasteiger partial charge in [0, 0.05) is 19.1 Å². The Hall–Kier alpha value is -2.02. The molecule has 0 aliphatic carbocycles. The summed E-state index contributed by atoms with van der Waals surface area (Å²) in [5.41, 5.74) is 4.84. The van der Waals surface area contributed by atoms with E-state index in [4.69, 9.17) is 10.8 Å². The highest BCUT2D eigenvalue weighted by Crippen LogP contribution is 2.19. The van der Waals surface area contributed by atoms with Crippen molar-refractivity contribution in [3.63, 3.8) is 0 Å². The Morgan fingerprint density at radius 3 is 2.15 bits per heavy atom. The number of aromatic carboxylic acids is 1. The Bertz CT molecular complexity index is 555. The number of rotatable bonds is 2. The van der Waals surface area contributed by atoms with Crippen molar-refractivity contribution in [3.05, 3.63) is 34.9 Å². The van der Waals surface area contributed by atoms with E-state index in [0.29, 0.717) is 38.1 Å². The minimum Gasteiger partial charge on any atom is -0.478 e. The third-order valence-electron chi connectivity index (χ3n) is 3.35. The Morgan fingerprint density at radius 2 is 1.65 bits per heavy atom. The van der Waals surface area contributed by atoms with E-state index in [1.807, 2.05) is 0 Å². The molecule has 0 saturated carbocycles. The predicted molar refractivity (Wildman–Crippen MR) is 66.4 cm³/mol. The smallest absolute Gasteiger partial charge is 0.336 e. The number of carbonyl (C=O) groups excluding carboxylic acids is 1. The topological polar surface area (TPSA) is 83.6 Å². The standard InChI is InChI=1S/C13H14F2N2O3/c14-10-5-8(9(13(19)20)6-11(10)15)12(18)17-3-1-7(16)2-4-17/h5-7H,1-4,16H2,(H,19,20). The summed E-state index contributed by atoms with van der Waals surface area (Å²) in [6, 6.07) is 1.17. The minimum absolute atomic E-state index is 0.00273. The molecule has 1 heterocycles. The maximum Gasteiger partial charge on any atom is 0.336 e. The first-order valence-electron chi connectivity index (χ1n) is 6.17. The van der Waals surface area contributed by atoms with Gasteiger partial charge in [0.15, 0.2) is 11.6 Å². The van der Waals surface area contributed by atoms with Crippen LogP contribution in [-0.4, -0.2) is 41.0 Å². The summed E-state index contributed by atoms with van der Waals surface area (Å²) in [6.45, 7) is 0.746. The van der Waals surface area contributed by atoms with Crippen LogP contribution < -0.4 is 5.73 Å². The van der Waals surface area contributed by atoms with Crippen LogP contribution in [0.1, 0.15) is 33.6 Å². The Labute approximate surface area is 114 Å². The lowest BCUT2D eigenvalue weighted by Crippen LogP contribution is -2.43. The molecular formula is C13H14F2N2O3. The maximum absolute atomic E-state index is 13.3. The summed E-state index contributed by atoms with van der Waals surface area (Å²) in [5, 5.41) is 8.99. The molecule has 1 aromatic carbocycles. The molecule has 0 unspecified atom stereocenters. The van der Waals surface area contributed by atoms with Gasteiger partial charge in [-0.3, -0.25) is 4.79 Å². The van der Waals surface area contributed by atoms with Crippen molar-refractivity contribution >= 4 is 11.9 Å². The molecule has 0 bridgehead atoms. The zero-order chi connectivity index (χ0) is 14.9. The lowest BCUT2D eigenvalue weighted by Gasteiger charge is -2.30. The highest BCUT2D eigenvalue weighted by Gasteiger charge is 2.26. The predicted octanol–water partition coefficient (Wildman–Crippen LogP) is 1.23. The molecule has 1 saturated heterocycles. The lowest BCUT2D eigenvalue weighted by atomic mass is 10.0. The van der Waals surface area contributed by atoms with Crippen molar-refractivity contribution in [3.8, 4) is 0 Å². The molecule has 1 aliphatic rings. The molecule has 0 spiro atoms. The number of halogens is 2. The molecule has 0 atom stereocenters. The molecule has 3 N–H and O–H groups in total. The van der Waals surface area contributed by atoms with Crippen molar-refractivity contribution < 1.29 is 23.5 Å². The molecule has 0 radical (unpaired) electrons. The number of likely N-dealkylation sites (tertiary alicyclic amines) is 1. The summed E-state index contributed by atoms with van der Waals surface area (Å²) in [7, 11) is 0. The molecule has 108 valence electrons. The fourth-order valence-corrected chi connectivity index (χ4v) is 2.17. The second-order valence-electron chi connectivity index (χ2n) is 4.75. The van der Waals surface area contributed by atoms with Crippen LogP contribution in [0.2, 0.25) is 0 Å². The zero-order valence-corrected chi connectivity index (χ0v) is 10.6. The minimum atomic E-state index is -1.47. The first kappa shape index (κ1) is 14.4. The average Bonchev–Trinajstić information content (AvgIpc) is 2.41. The van der Waals surface area contributed by atoms with Crippen LogP contribution in [0.3, 0.4) is 0 Å². The van der Waals surface area contributed by atoms with Gasteiger partial charge in [-0.1, -0.05) is 0 Å². The number of amides is 1. The van der Waals surface area contributed by atoms with Crippen LogP contribution in [-0.2, 0) is 0 Å². The van der Waals surface area contributed by atoms with Gasteiger partial charge in [0.1, 0.15) is 0 Å². The van der Waals surface area contributed by atoms with Gasteiger partial charge in [0.25, 0.3) is 5.91 Å². The number of benzene rings is 1. The van der Waals surface area contributed by atoms with Gasteiger partial charge < -0.3 is 15.7 Å². The number of nitrogens with two attached hydrogens (primary N) is 1. The fourth-order valence-electron chi connectivity index (χ4n) is 2.17. The van der Waals surface area contributed by atoms with Crippen LogP contribution in [0.25, 0.3) is 0 Å². The number of piperidine rings is 1. The Kier molecular flexibility index (Phi) is 3.99. The molecule has 2 rings (SSSR count). The van der Waals surface area contributed by atoms with Gasteiger partial charge in [-0.15, -0.1) is 0 Å². The van der Waals surface area contributed by atoms with Crippen LogP contribution in [0.5, 0.6) is 0 Å². The van der Waals surface area contributed by atoms with Crippen LogP contribution in [0, 0.1) is 11.6 Å². The van der Waals surface area contributed by atoms with Crippen molar-refractivity contribution in [2.24, 2.45) is 5.73 Å². The maximum atomic E-state index is 13.3. The third-order valence-corrected chi connectivity index (χ3v) is 3.35. The molecule has 0 aromatic heterocycles. The highest BCUT2D eigenvalue weighted by molar-refractivity contribution is 6.04. The van der Waals surface area contributed by atoms with E-state index < -0.39 is 29.1 Å². The van der Waals surface area contributed by atoms with Gasteiger partial charge in [-0.05, 0) is 25.0 Å². The first-order chi connectivity index (χ1) is 9.40. The van der Waals surface area contributed by atoms with Crippen molar-refractivity contribution in [2.45, 2.75) is 18.9 Å². The lowest BCUT2D eigenvalue weighted by molar-refractivity contribution is 0.0661. The number of carbonyl (C=O) groups is 2. The van der Waals surface area contributed by atoms with Crippen LogP contribution >= 0.6 is 0 Å². The van der Waals surface area contributed by atoms with Crippen LogP contribution in [0.4, 0.5) is 8.78 Å². The molecule has 1 aliphatic heterocycles. The SMILES string of the molecule is NC1CCN(C(=O)c2cc(F)c(F)cc2C(=O)O)CC1. The van der Waals surface area contributed by atoms with E-state index in [9.17, 15) is 18.4 Å². The van der Waals surface area contributed by atoms with E-state index in [1.165, 1.54) is 4.90 Å². The summed E-state index contributed by atoms with van der Waals surface area (Å²) >= 11 is 0. The molecular weight excluding hydrogens is 270 g/mol. The Morgan fingerprint density at radius 1 is 1.15 bits per heavy atom. The van der Waals surface area contributed by atoms with E-state index in [-0.39, 0.29) is 11.6 Å². The van der Waals surface area contributed by atoms with Crippen molar-refractivity contribution in [1.82, 2.24) is 4.90 Å². The highest BCUT2D eigenvalue weighted by atomic mass is 19.2. The summed E-state index contributed by atoms with van der Waals surface area (Å²) < 4.78 is 26.4. The zero-order valence-electron chi connectivity index (χ0n) is 10.6. The van der Waals surface area contributed by atoms with Gasteiger partial charge in [0.2, 0.25) is 0 Å². The molecule has 20 heavy (non-hydrogen) atoms. The van der Waals surface area contributed by atoms with E-state index >= 15 is 0 Å². The molecule has 7 heteroatoms. The van der Waals surface area contributed by atoms with Gasteiger partial charge >= 0.3 is 5.97 Å². The molecule has 1 aromatic rings. The van der Waals surface area contributed by atoms with E-state index in [1.54, 1.807) is 0 Å². The third kappa shape index (κ3) is 2.77. The molecule has 5 nitrogen and oxygen atoms in total. The molecule has 1 fully saturated rings. The number of hydrogen-bond acceptors (Lipinski definition) is 3. The number of nitrogens with zero attached hydrogens (tertiary/aromatic N) is 1. The fraction of sp³-hybridized carbons (Fsp3) is 0.385. The normalized spacial score (nSPS) is 16.2. The summed E-state index contributed by atoms with van der Waals surface area (Å²) in [4.78, 5) is 24.7. The van der Waals surface area contributed by atoms with Gasteiger partial charge in [-0.2, -0.15) is 0 Å². The number of carboxylic acid groups (broad SMARTS) is 1. The van der Waals surface area contributed by atoms with Crippen molar-refractivity contribution in [2.75, 3.05) is 13.1 Å².